The molecule has 1 N–H and O–H groups in total. The Morgan fingerprint density at radius 1 is 1.38 bits per heavy atom. The summed E-state index contributed by atoms with van der Waals surface area (Å²) in [5, 5.41) is 3.90. The lowest BCUT2D eigenvalue weighted by molar-refractivity contribution is -0.115. The highest BCUT2D eigenvalue weighted by Gasteiger charge is 2.59. The third-order valence-electron chi connectivity index (χ3n) is 6.87. The van der Waals surface area contributed by atoms with Crippen LogP contribution in [0.5, 0.6) is 0 Å². The Balaban J connectivity index is 1.56. The van der Waals surface area contributed by atoms with E-state index in [1.165, 1.54) is 11.3 Å². The van der Waals surface area contributed by atoms with E-state index in [1.807, 2.05) is 0 Å². The van der Waals surface area contributed by atoms with Crippen LogP contribution in [0.3, 0.4) is 0 Å². The van der Waals surface area contributed by atoms with E-state index in [0.29, 0.717) is 23.9 Å². The van der Waals surface area contributed by atoms with Crippen LogP contribution < -0.4 is 10.2 Å². The third kappa shape index (κ3) is 1.75. The van der Waals surface area contributed by atoms with Crippen molar-refractivity contribution < 1.29 is 9.53 Å². The van der Waals surface area contributed by atoms with Gasteiger partial charge in [-0.1, -0.05) is 18.2 Å². The molecule has 5 rings (SSSR count). The number of benzene rings is 1. The molecule has 0 radical (unpaired) electrons. The molecule has 0 aliphatic carbocycles. The molecule has 0 saturated carbocycles. The number of ketones is 1. The number of fused-ring (bicyclic) bond motifs is 7. The molecule has 4 unspecified atom stereocenters. The minimum atomic E-state index is 0.170. The number of hydrogen-bond donors (Lipinski definition) is 1. The number of carbonyl (C=O) groups excluding carboxylic acids is 1. The largest absolute Gasteiger partial charge is 0.500 e. The summed E-state index contributed by atoms with van der Waals surface area (Å²) in [5.74, 6) is 0.941. The summed E-state index contributed by atoms with van der Waals surface area (Å²) in [4.78, 5) is 14.5. The number of allylic oxidation sites excluding steroid dienone is 1. The second-order valence-electron chi connectivity index (χ2n) is 8.03. The van der Waals surface area contributed by atoms with Gasteiger partial charge in [0.15, 0.2) is 5.78 Å². The number of likely N-dealkylation sites (N-methyl/N-ethyl adjacent to an activating group) is 1. The maximum Gasteiger partial charge on any atom is 0.159 e. The Kier molecular flexibility index (Phi) is 2.94. The highest BCUT2D eigenvalue weighted by molar-refractivity contribution is 5.93. The van der Waals surface area contributed by atoms with Gasteiger partial charge in [0, 0.05) is 48.3 Å². The van der Waals surface area contributed by atoms with Crippen molar-refractivity contribution in [1.29, 1.82) is 0 Å². The second kappa shape index (κ2) is 4.85. The minimum absolute atomic E-state index is 0.170. The van der Waals surface area contributed by atoms with Crippen molar-refractivity contribution in [1.82, 2.24) is 5.32 Å². The molecule has 0 amide bonds. The Labute approximate surface area is 142 Å². The van der Waals surface area contributed by atoms with E-state index in [-0.39, 0.29) is 11.2 Å². The molecule has 1 aromatic rings. The zero-order valence-corrected chi connectivity index (χ0v) is 14.3. The summed E-state index contributed by atoms with van der Waals surface area (Å²) in [6.07, 6.45) is 3.92. The molecule has 2 saturated heterocycles. The van der Waals surface area contributed by atoms with E-state index >= 15 is 0 Å². The minimum Gasteiger partial charge on any atom is -0.500 e. The number of nitrogens with zero attached hydrogens (tertiary/aromatic N) is 1. The van der Waals surface area contributed by atoms with Crippen molar-refractivity contribution in [3.05, 3.63) is 41.7 Å². The summed E-state index contributed by atoms with van der Waals surface area (Å²) in [5.41, 5.74) is 3.93. The number of para-hydroxylation sites is 1. The first-order chi connectivity index (χ1) is 11.6. The summed E-state index contributed by atoms with van der Waals surface area (Å²) in [7, 11) is 2.20. The smallest absolute Gasteiger partial charge is 0.159 e. The Morgan fingerprint density at radius 2 is 2.21 bits per heavy atom. The average molecular weight is 324 g/mol. The molecule has 1 spiro atoms. The quantitative estimate of drug-likeness (QED) is 0.860. The van der Waals surface area contributed by atoms with Gasteiger partial charge in [0.25, 0.3) is 0 Å². The first-order valence-corrected chi connectivity index (χ1v) is 8.99. The first kappa shape index (κ1) is 14.5. The molecule has 5 atom stereocenters. The molecule has 2 fully saturated rings. The van der Waals surface area contributed by atoms with Gasteiger partial charge < -0.3 is 15.0 Å². The average Bonchev–Trinajstić information content (AvgIpc) is 3.03. The zero-order chi connectivity index (χ0) is 16.5. The molecule has 126 valence electrons. The first-order valence-electron chi connectivity index (χ1n) is 8.99. The van der Waals surface area contributed by atoms with E-state index < -0.39 is 0 Å². The van der Waals surface area contributed by atoms with Gasteiger partial charge in [0.2, 0.25) is 0 Å². The summed E-state index contributed by atoms with van der Waals surface area (Å²) in [6, 6.07) is 9.73. The van der Waals surface area contributed by atoms with Crippen LogP contribution in [-0.2, 0) is 14.9 Å². The zero-order valence-electron chi connectivity index (χ0n) is 14.3. The normalized spacial score (nSPS) is 39.2. The van der Waals surface area contributed by atoms with Gasteiger partial charge in [-0.15, -0.1) is 0 Å². The molecule has 2 bridgehead atoms. The second-order valence-corrected chi connectivity index (χ2v) is 8.03. The van der Waals surface area contributed by atoms with Gasteiger partial charge in [0.05, 0.1) is 12.9 Å². The maximum absolute atomic E-state index is 12.1. The van der Waals surface area contributed by atoms with E-state index in [1.54, 1.807) is 13.2 Å². The number of Topliss-reactive ketones (excluding diaryl/α,β-unsaturated/α-hetero) is 1. The predicted octanol–water partition coefficient (Wildman–Crippen LogP) is 2.24. The Hall–Kier alpha value is -1.81. The number of rotatable bonds is 1. The summed E-state index contributed by atoms with van der Waals surface area (Å²) in [6.45, 7) is 3.48. The van der Waals surface area contributed by atoms with Crippen LogP contribution in [0.15, 0.2) is 36.1 Å². The van der Waals surface area contributed by atoms with E-state index in [9.17, 15) is 4.79 Å². The molecular weight excluding hydrogens is 300 g/mol. The van der Waals surface area contributed by atoms with Crippen molar-refractivity contribution in [2.45, 2.75) is 37.3 Å². The molecule has 24 heavy (non-hydrogen) atoms. The van der Waals surface area contributed by atoms with Gasteiger partial charge in [-0.05, 0) is 37.3 Å². The van der Waals surface area contributed by atoms with Crippen LogP contribution in [0, 0.1) is 11.8 Å². The van der Waals surface area contributed by atoms with Crippen LogP contribution >= 0.6 is 0 Å². The third-order valence-corrected chi connectivity index (χ3v) is 6.87. The molecule has 4 heteroatoms. The SMILES string of the molecule is CC(=O)C1=COCC2C3C[C@@]4(CN(C)c5ccccc54)C(CC12)N3. The number of piperidine rings is 1. The van der Waals surface area contributed by atoms with Crippen molar-refractivity contribution in [3.63, 3.8) is 0 Å². The maximum atomic E-state index is 12.1. The number of ether oxygens (including phenoxy) is 1. The Morgan fingerprint density at radius 3 is 3.04 bits per heavy atom. The van der Waals surface area contributed by atoms with Gasteiger partial charge in [0.1, 0.15) is 0 Å². The highest BCUT2D eigenvalue weighted by atomic mass is 16.5. The molecule has 4 aliphatic heterocycles. The molecule has 4 aliphatic rings. The molecule has 1 aromatic carbocycles. The van der Waals surface area contributed by atoms with Crippen LogP contribution in [0.2, 0.25) is 0 Å². The lowest BCUT2D eigenvalue weighted by Crippen LogP contribution is -2.52. The lowest BCUT2D eigenvalue weighted by Gasteiger charge is -2.41. The summed E-state index contributed by atoms with van der Waals surface area (Å²) >= 11 is 0. The number of anilines is 1. The summed E-state index contributed by atoms with van der Waals surface area (Å²) < 4.78 is 5.67. The number of hydrogen-bond acceptors (Lipinski definition) is 4. The fourth-order valence-electron chi connectivity index (χ4n) is 5.85. The van der Waals surface area contributed by atoms with Crippen LogP contribution in [0.1, 0.15) is 25.3 Å². The van der Waals surface area contributed by atoms with E-state index in [2.05, 4.69) is 41.5 Å². The number of carbonyl (C=O) groups is 1. The predicted molar refractivity (Wildman–Crippen MR) is 93.0 cm³/mol. The fourth-order valence-corrected chi connectivity index (χ4v) is 5.85. The van der Waals surface area contributed by atoms with Gasteiger partial charge >= 0.3 is 0 Å². The standard InChI is InChI=1S/C20H24N2O2/c1-12(23)14-9-24-10-15-13(14)7-19-20(8-17(15)21-19)11-22(2)18-6-4-3-5-16(18)20/h3-6,9,13,15,17,19,21H,7-8,10-11H2,1-2H3/t13?,15?,17?,19?,20-/m0/s1. The lowest BCUT2D eigenvalue weighted by atomic mass is 9.72. The van der Waals surface area contributed by atoms with E-state index in [4.69, 9.17) is 4.74 Å². The Bertz CT molecular complexity index is 743. The molecular formula is C20H24N2O2. The van der Waals surface area contributed by atoms with Crippen LogP contribution in [0.4, 0.5) is 5.69 Å². The van der Waals surface area contributed by atoms with Crippen molar-refractivity contribution >= 4 is 11.5 Å². The van der Waals surface area contributed by atoms with Crippen molar-refractivity contribution in [2.24, 2.45) is 11.8 Å². The number of nitrogens with one attached hydrogen (secondary N) is 1. The van der Waals surface area contributed by atoms with Crippen molar-refractivity contribution in [2.75, 3.05) is 25.1 Å². The molecule has 4 heterocycles. The van der Waals surface area contributed by atoms with Crippen LogP contribution in [0.25, 0.3) is 0 Å². The van der Waals surface area contributed by atoms with E-state index in [0.717, 1.165) is 31.6 Å². The molecule has 4 nitrogen and oxygen atoms in total. The van der Waals surface area contributed by atoms with Crippen LogP contribution in [-0.4, -0.2) is 38.1 Å². The highest BCUT2D eigenvalue weighted by Crippen LogP contribution is 2.55. The monoisotopic (exact) mass is 324 g/mol. The van der Waals surface area contributed by atoms with Gasteiger partial charge in [-0.2, -0.15) is 0 Å². The fraction of sp³-hybridized carbons (Fsp3) is 0.550. The van der Waals surface area contributed by atoms with Gasteiger partial charge in [-0.3, -0.25) is 4.79 Å². The topological polar surface area (TPSA) is 41.6 Å². The van der Waals surface area contributed by atoms with Crippen molar-refractivity contribution in [3.8, 4) is 0 Å². The molecule has 0 aromatic heterocycles. The van der Waals surface area contributed by atoms with Gasteiger partial charge in [-0.25, -0.2) is 0 Å².